The van der Waals surface area contributed by atoms with Crippen molar-refractivity contribution < 1.29 is 0 Å². The number of aromatic amines is 1. The maximum absolute atomic E-state index is 3.41. The Labute approximate surface area is 193 Å². The first-order chi connectivity index (χ1) is 13.6. The van der Waals surface area contributed by atoms with Gasteiger partial charge < -0.3 is 9.88 Å². The molecule has 30 heavy (non-hydrogen) atoms. The van der Waals surface area contributed by atoms with Gasteiger partial charge in [-0.1, -0.05) is 48.5 Å². The Hall–Kier alpha value is -1.52. The van der Waals surface area contributed by atoms with Gasteiger partial charge in [0.25, 0.3) is 0 Å². The third-order valence-corrected chi connectivity index (χ3v) is 6.98. The van der Waals surface area contributed by atoms with Gasteiger partial charge >= 0.3 is 0 Å². The van der Waals surface area contributed by atoms with Crippen molar-refractivity contribution in [3.05, 3.63) is 71.9 Å². The van der Waals surface area contributed by atoms with Gasteiger partial charge in [0.2, 0.25) is 0 Å². The van der Waals surface area contributed by atoms with Gasteiger partial charge in [0.1, 0.15) is 0 Å². The molecular weight excluding hydrogens is 413 g/mol. The topological polar surface area (TPSA) is 22.3 Å². The summed E-state index contributed by atoms with van der Waals surface area (Å²) in [5.74, 6) is 0. The SMILES string of the molecule is CN(CCc1c[nH]c2ccccc12)C1CCC(c2ccccc2)(N(C)C)CC1.Cl.Cl. The lowest BCUT2D eigenvalue weighted by molar-refractivity contribution is 0.0577. The van der Waals surface area contributed by atoms with E-state index in [9.17, 15) is 0 Å². The molecule has 3 nitrogen and oxygen atoms in total. The lowest BCUT2D eigenvalue weighted by Gasteiger charge is -2.47. The number of aromatic nitrogens is 1. The fourth-order valence-corrected chi connectivity index (χ4v) is 5.08. The van der Waals surface area contributed by atoms with Gasteiger partial charge in [-0.15, -0.1) is 24.8 Å². The molecule has 1 fully saturated rings. The van der Waals surface area contributed by atoms with Crippen molar-refractivity contribution in [1.29, 1.82) is 0 Å². The van der Waals surface area contributed by atoms with E-state index in [1.165, 1.54) is 47.7 Å². The molecule has 0 unspecified atom stereocenters. The Bertz CT molecular complexity index is 899. The summed E-state index contributed by atoms with van der Waals surface area (Å²) in [6, 6.07) is 20.4. The third kappa shape index (κ3) is 4.86. The van der Waals surface area contributed by atoms with Gasteiger partial charge in [0.05, 0.1) is 0 Å². The first kappa shape index (κ1) is 24.7. The number of halogens is 2. The molecule has 1 aromatic heterocycles. The number of hydrogen-bond donors (Lipinski definition) is 1. The highest BCUT2D eigenvalue weighted by Gasteiger charge is 2.39. The average molecular weight is 448 g/mol. The summed E-state index contributed by atoms with van der Waals surface area (Å²) in [6.07, 6.45) is 8.27. The summed E-state index contributed by atoms with van der Waals surface area (Å²) in [7, 11) is 6.80. The zero-order valence-electron chi connectivity index (χ0n) is 18.3. The zero-order chi connectivity index (χ0) is 19.6. The van der Waals surface area contributed by atoms with Crippen LogP contribution in [0, 0.1) is 0 Å². The molecule has 0 spiro atoms. The molecule has 0 atom stereocenters. The number of para-hydroxylation sites is 1. The number of rotatable bonds is 6. The fourth-order valence-electron chi connectivity index (χ4n) is 5.08. The number of hydrogen-bond acceptors (Lipinski definition) is 2. The minimum absolute atomic E-state index is 0. The number of fused-ring (bicyclic) bond motifs is 1. The van der Waals surface area contributed by atoms with E-state index in [2.05, 4.69) is 96.7 Å². The van der Waals surface area contributed by atoms with Crippen LogP contribution in [0.2, 0.25) is 0 Å². The Morgan fingerprint density at radius 2 is 1.53 bits per heavy atom. The van der Waals surface area contributed by atoms with Gasteiger partial charge in [-0.25, -0.2) is 0 Å². The van der Waals surface area contributed by atoms with E-state index >= 15 is 0 Å². The van der Waals surface area contributed by atoms with Crippen LogP contribution in [-0.4, -0.2) is 48.5 Å². The van der Waals surface area contributed by atoms with E-state index in [4.69, 9.17) is 0 Å². The number of benzene rings is 2. The fraction of sp³-hybridized carbons (Fsp3) is 0.440. The maximum atomic E-state index is 3.41. The molecule has 1 aliphatic carbocycles. The monoisotopic (exact) mass is 447 g/mol. The summed E-state index contributed by atoms with van der Waals surface area (Å²) < 4.78 is 0. The molecular formula is C25H35Cl2N3. The summed E-state index contributed by atoms with van der Waals surface area (Å²) in [5, 5.41) is 1.37. The van der Waals surface area contributed by atoms with Crippen LogP contribution in [-0.2, 0) is 12.0 Å². The van der Waals surface area contributed by atoms with Crippen molar-refractivity contribution in [2.75, 3.05) is 27.7 Å². The number of nitrogens with zero attached hydrogens (tertiary/aromatic N) is 2. The lowest BCUT2D eigenvalue weighted by atomic mass is 9.73. The highest BCUT2D eigenvalue weighted by molar-refractivity contribution is 5.85. The van der Waals surface area contributed by atoms with Crippen molar-refractivity contribution >= 4 is 35.7 Å². The standard InChI is InChI=1S/C25H33N3.2ClH/c1-27(2)25(21-9-5-4-6-10-21)16-13-22(14-17-25)28(3)18-15-20-19-26-24-12-8-7-11-23(20)24;;/h4-12,19,22,26H,13-18H2,1-3H3;2*1H. The second-order valence-electron chi connectivity index (χ2n) is 8.61. The van der Waals surface area contributed by atoms with Crippen LogP contribution in [0.1, 0.15) is 36.8 Å². The third-order valence-electron chi connectivity index (χ3n) is 6.98. The molecule has 1 N–H and O–H groups in total. The lowest BCUT2D eigenvalue weighted by Crippen LogP contribution is -2.48. The first-order valence-corrected chi connectivity index (χ1v) is 10.6. The summed E-state index contributed by atoms with van der Waals surface area (Å²) in [6.45, 7) is 1.12. The molecule has 1 heterocycles. The minimum atomic E-state index is 0. The first-order valence-electron chi connectivity index (χ1n) is 10.6. The molecule has 2 aromatic carbocycles. The highest BCUT2D eigenvalue weighted by Crippen LogP contribution is 2.42. The van der Waals surface area contributed by atoms with Crippen LogP contribution < -0.4 is 0 Å². The largest absolute Gasteiger partial charge is 0.361 e. The normalized spacial score (nSPS) is 21.4. The molecule has 0 radical (unpaired) electrons. The minimum Gasteiger partial charge on any atom is -0.361 e. The van der Waals surface area contributed by atoms with Crippen molar-refractivity contribution in [1.82, 2.24) is 14.8 Å². The molecule has 4 rings (SSSR count). The molecule has 164 valence electrons. The molecule has 0 aliphatic heterocycles. The molecule has 3 aromatic rings. The van der Waals surface area contributed by atoms with E-state index in [-0.39, 0.29) is 30.4 Å². The van der Waals surface area contributed by atoms with Gasteiger partial charge in [0, 0.05) is 35.2 Å². The van der Waals surface area contributed by atoms with E-state index in [0.717, 1.165) is 13.0 Å². The molecule has 0 bridgehead atoms. The highest BCUT2D eigenvalue weighted by atomic mass is 35.5. The van der Waals surface area contributed by atoms with Crippen LogP contribution in [0.3, 0.4) is 0 Å². The van der Waals surface area contributed by atoms with Gasteiger partial charge in [-0.3, -0.25) is 4.90 Å². The summed E-state index contributed by atoms with van der Waals surface area (Å²) in [5.41, 5.74) is 4.34. The van der Waals surface area contributed by atoms with Crippen molar-refractivity contribution in [2.45, 2.75) is 43.7 Å². The van der Waals surface area contributed by atoms with Crippen molar-refractivity contribution in [3.8, 4) is 0 Å². The van der Waals surface area contributed by atoms with Crippen LogP contribution in [0.4, 0.5) is 0 Å². The van der Waals surface area contributed by atoms with E-state index in [1.807, 2.05) is 0 Å². The van der Waals surface area contributed by atoms with Gasteiger partial charge in [0.15, 0.2) is 0 Å². The van der Waals surface area contributed by atoms with Crippen molar-refractivity contribution in [3.63, 3.8) is 0 Å². The van der Waals surface area contributed by atoms with Crippen LogP contribution >= 0.6 is 24.8 Å². The summed E-state index contributed by atoms with van der Waals surface area (Å²) >= 11 is 0. The predicted octanol–water partition coefficient (Wildman–Crippen LogP) is 5.89. The van der Waals surface area contributed by atoms with Gasteiger partial charge in [-0.05, 0) is 70.4 Å². The van der Waals surface area contributed by atoms with E-state index in [1.54, 1.807) is 0 Å². The average Bonchev–Trinajstić information content (AvgIpc) is 3.16. The van der Waals surface area contributed by atoms with E-state index < -0.39 is 0 Å². The van der Waals surface area contributed by atoms with Crippen LogP contribution in [0.25, 0.3) is 10.9 Å². The number of nitrogens with one attached hydrogen (secondary N) is 1. The predicted molar refractivity (Wildman–Crippen MR) is 133 cm³/mol. The summed E-state index contributed by atoms with van der Waals surface area (Å²) in [4.78, 5) is 8.45. The molecule has 0 saturated heterocycles. The Morgan fingerprint density at radius 3 is 2.20 bits per heavy atom. The molecule has 1 aliphatic rings. The van der Waals surface area contributed by atoms with Crippen LogP contribution in [0.15, 0.2) is 60.8 Å². The quantitative estimate of drug-likeness (QED) is 0.508. The molecule has 0 amide bonds. The Morgan fingerprint density at radius 1 is 0.900 bits per heavy atom. The second-order valence-corrected chi connectivity index (χ2v) is 8.61. The Kier molecular flexibility index (Phi) is 8.81. The molecule has 1 saturated carbocycles. The smallest absolute Gasteiger partial charge is 0.0456 e. The zero-order valence-corrected chi connectivity index (χ0v) is 19.9. The Balaban J connectivity index is 0.00000160. The number of likely N-dealkylation sites (N-methyl/N-ethyl adjacent to an activating group) is 1. The maximum Gasteiger partial charge on any atom is 0.0456 e. The van der Waals surface area contributed by atoms with Crippen molar-refractivity contribution in [2.24, 2.45) is 0 Å². The van der Waals surface area contributed by atoms with Crippen LogP contribution in [0.5, 0.6) is 0 Å². The van der Waals surface area contributed by atoms with E-state index in [0.29, 0.717) is 6.04 Å². The molecule has 5 heteroatoms. The second kappa shape index (κ2) is 10.7. The number of H-pyrrole nitrogens is 1. The van der Waals surface area contributed by atoms with Gasteiger partial charge in [-0.2, -0.15) is 0 Å².